The molecule has 1 N–H and O–H groups in total. The van der Waals surface area contributed by atoms with Gasteiger partial charge in [0.05, 0.1) is 19.3 Å². The highest BCUT2D eigenvalue weighted by molar-refractivity contribution is 5.76. The fourth-order valence-corrected chi connectivity index (χ4v) is 1.08. The third-order valence-corrected chi connectivity index (χ3v) is 2.10. The first-order valence-electron chi connectivity index (χ1n) is 4.75. The average Bonchev–Trinajstić information content (AvgIpc) is 2.19. The second kappa shape index (κ2) is 5.19. The lowest BCUT2D eigenvalue weighted by Crippen LogP contribution is -2.47. The maximum atomic E-state index is 11.4. The van der Waals surface area contributed by atoms with Gasteiger partial charge in [0.2, 0.25) is 0 Å². The number of carbonyl (C=O) groups excluding carboxylic acids is 1. The Hall–Kier alpha value is -0.610. The topological polar surface area (TPSA) is 47.6 Å². The molecule has 1 saturated heterocycles. The third kappa shape index (κ3) is 3.32. The van der Waals surface area contributed by atoms with Crippen molar-refractivity contribution in [3.8, 4) is 0 Å². The summed E-state index contributed by atoms with van der Waals surface area (Å²) in [5, 5.41) is 3.05. The molecule has 0 aromatic carbocycles. The van der Waals surface area contributed by atoms with Crippen molar-refractivity contribution in [2.45, 2.75) is 32.4 Å². The highest BCUT2D eigenvalue weighted by atomic mass is 16.5. The van der Waals surface area contributed by atoms with Gasteiger partial charge in [0.1, 0.15) is 6.04 Å². The third-order valence-electron chi connectivity index (χ3n) is 2.10. The Morgan fingerprint density at radius 2 is 2.54 bits per heavy atom. The molecule has 0 radical (unpaired) electrons. The van der Waals surface area contributed by atoms with E-state index in [1.165, 1.54) is 0 Å². The van der Waals surface area contributed by atoms with E-state index >= 15 is 0 Å². The van der Waals surface area contributed by atoms with E-state index in [0.717, 1.165) is 13.0 Å². The molecule has 13 heavy (non-hydrogen) atoms. The molecule has 0 aromatic heterocycles. The number of rotatable bonds is 3. The molecule has 2 unspecified atom stereocenters. The first-order valence-corrected chi connectivity index (χ1v) is 4.75. The summed E-state index contributed by atoms with van der Waals surface area (Å²) in [4.78, 5) is 11.4. The molecule has 1 aliphatic rings. The molecule has 4 heteroatoms. The summed E-state index contributed by atoms with van der Waals surface area (Å²) in [7, 11) is 0. The minimum atomic E-state index is -0.275. The molecule has 1 rings (SSSR count). The Bertz CT molecular complexity index is 166. The van der Waals surface area contributed by atoms with Crippen molar-refractivity contribution in [3.05, 3.63) is 0 Å². The molecule has 0 amide bonds. The van der Waals surface area contributed by atoms with Crippen molar-refractivity contribution in [2.24, 2.45) is 0 Å². The zero-order chi connectivity index (χ0) is 9.68. The molecule has 4 nitrogen and oxygen atoms in total. The van der Waals surface area contributed by atoms with Gasteiger partial charge in [-0.25, -0.2) is 0 Å². The van der Waals surface area contributed by atoms with Gasteiger partial charge < -0.3 is 14.8 Å². The predicted molar refractivity (Wildman–Crippen MR) is 48.5 cm³/mol. The highest BCUT2D eigenvalue weighted by Crippen LogP contribution is 2.01. The predicted octanol–water partition coefficient (Wildman–Crippen LogP) is 0.317. The number of carbonyl (C=O) groups is 1. The van der Waals surface area contributed by atoms with Crippen LogP contribution in [0.4, 0.5) is 0 Å². The van der Waals surface area contributed by atoms with Crippen LogP contribution in [0.5, 0.6) is 0 Å². The second-order valence-electron chi connectivity index (χ2n) is 3.24. The molecular formula is C9H17NO3. The van der Waals surface area contributed by atoms with Crippen LogP contribution in [0.1, 0.15) is 20.3 Å². The number of morpholine rings is 1. The van der Waals surface area contributed by atoms with Crippen molar-refractivity contribution < 1.29 is 14.3 Å². The molecule has 1 fully saturated rings. The van der Waals surface area contributed by atoms with E-state index in [2.05, 4.69) is 5.32 Å². The van der Waals surface area contributed by atoms with Gasteiger partial charge in [-0.1, -0.05) is 6.92 Å². The fraction of sp³-hybridized carbons (Fsp3) is 0.889. The number of esters is 1. The Kier molecular flexibility index (Phi) is 4.18. The summed E-state index contributed by atoms with van der Waals surface area (Å²) in [5.41, 5.74) is 0. The van der Waals surface area contributed by atoms with Crippen molar-refractivity contribution >= 4 is 5.97 Å². The normalized spacial score (nSPS) is 25.2. The minimum Gasteiger partial charge on any atom is -0.461 e. The average molecular weight is 187 g/mol. The number of ether oxygens (including phenoxy) is 2. The van der Waals surface area contributed by atoms with E-state index in [1.54, 1.807) is 0 Å². The zero-order valence-electron chi connectivity index (χ0n) is 8.21. The van der Waals surface area contributed by atoms with E-state index in [-0.39, 0.29) is 18.1 Å². The molecule has 0 saturated carbocycles. The van der Waals surface area contributed by atoms with Crippen LogP contribution in [0, 0.1) is 0 Å². The van der Waals surface area contributed by atoms with Gasteiger partial charge in [-0.3, -0.25) is 4.79 Å². The minimum absolute atomic E-state index is 0.00349. The quantitative estimate of drug-likeness (QED) is 0.646. The monoisotopic (exact) mass is 187 g/mol. The molecule has 0 bridgehead atoms. The molecule has 76 valence electrons. The summed E-state index contributed by atoms with van der Waals surface area (Å²) in [6, 6.07) is -0.275. The lowest BCUT2D eigenvalue weighted by molar-refractivity contribution is -0.153. The summed E-state index contributed by atoms with van der Waals surface area (Å²) in [6.45, 7) is 5.70. The van der Waals surface area contributed by atoms with Crippen LogP contribution in [0.3, 0.4) is 0 Å². The van der Waals surface area contributed by atoms with Crippen LogP contribution >= 0.6 is 0 Å². The maximum absolute atomic E-state index is 11.4. The maximum Gasteiger partial charge on any atom is 0.325 e. The van der Waals surface area contributed by atoms with Crippen LogP contribution < -0.4 is 5.32 Å². The van der Waals surface area contributed by atoms with Crippen LogP contribution in [0.15, 0.2) is 0 Å². The molecular weight excluding hydrogens is 170 g/mol. The lowest BCUT2D eigenvalue weighted by Gasteiger charge is -2.23. The summed E-state index contributed by atoms with van der Waals surface area (Å²) < 4.78 is 10.3. The van der Waals surface area contributed by atoms with Crippen molar-refractivity contribution in [1.82, 2.24) is 5.32 Å². The summed E-state index contributed by atoms with van der Waals surface area (Å²) in [5.74, 6) is -0.200. The Balaban J connectivity index is 2.29. The SMILES string of the molecule is CCC(C)OC(=O)C1COCCN1. The number of nitrogens with one attached hydrogen (secondary N) is 1. The molecule has 2 atom stereocenters. The molecule has 0 spiro atoms. The highest BCUT2D eigenvalue weighted by Gasteiger charge is 2.23. The lowest BCUT2D eigenvalue weighted by atomic mass is 10.2. The largest absolute Gasteiger partial charge is 0.461 e. The fourth-order valence-electron chi connectivity index (χ4n) is 1.08. The zero-order valence-corrected chi connectivity index (χ0v) is 8.21. The first-order chi connectivity index (χ1) is 6.24. The van der Waals surface area contributed by atoms with E-state index in [4.69, 9.17) is 9.47 Å². The van der Waals surface area contributed by atoms with Crippen molar-refractivity contribution in [2.75, 3.05) is 19.8 Å². The van der Waals surface area contributed by atoms with E-state index in [9.17, 15) is 4.79 Å². The number of hydrogen-bond donors (Lipinski definition) is 1. The van der Waals surface area contributed by atoms with Crippen LogP contribution in [0.2, 0.25) is 0 Å². The van der Waals surface area contributed by atoms with Crippen molar-refractivity contribution in [1.29, 1.82) is 0 Å². The van der Waals surface area contributed by atoms with Crippen LogP contribution in [-0.2, 0) is 14.3 Å². The van der Waals surface area contributed by atoms with Gasteiger partial charge >= 0.3 is 5.97 Å². The van der Waals surface area contributed by atoms with Gasteiger partial charge in [0.15, 0.2) is 0 Å². The summed E-state index contributed by atoms with van der Waals surface area (Å²) in [6.07, 6.45) is 0.843. The van der Waals surface area contributed by atoms with Gasteiger partial charge in [-0.2, -0.15) is 0 Å². The summed E-state index contributed by atoms with van der Waals surface area (Å²) >= 11 is 0. The van der Waals surface area contributed by atoms with Crippen LogP contribution in [0.25, 0.3) is 0 Å². The Labute approximate surface area is 78.6 Å². The van der Waals surface area contributed by atoms with Crippen LogP contribution in [-0.4, -0.2) is 37.9 Å². The molecule has 1 aliphatic heterocycles. The van der Waals surface area contributed by atoms with Crippen molar-refractivity contribution in [3.63, 3.8) is 0 Å². The second-order valence-corrected chi connectivity index (χ2v) is 3.24. The van der Waals surface area contributed by atoms with E-state index in [0.29, 0.717) is 13.2 Å². The Morgan fingerprint density at radius 3 is 3.08 bits per heavy atom. The van der Waals surface area contributed by atoms with E-state index in [1.807, 2.05) is 13.8 Å². The van der Waals surface area contributed by atoms with E-state index < -0.39 is 0 Å². The molecule has 0 aliphatic carbocycles. The molecule has 0 aromatic rings. The first kappa shape index (κ1) is 10.5. The van der Waals surface area contributed by atoms with Gasteiger partial charge in [-0.05, 0) is 13.3 Å². The van der Waals surface area contributed by atoms with Gasteiger partial charge in [0.25, 0.3) is 0 Å². The van der Waals surface area contributed by atoms with Gasteiger partial charge in [-0.15, -0.1) is 0 Å². The smallest absolute Gasteiger partial charge is 0.325 e. The number of hydrogen-bond acceptors (Lipinski definition) is 4. The molecule has 1 heterocycles. The Morgan fingerprint density at radius 1 is 1.77 bits per heavy atom. The van der Waals surface area contributed by atoms with Gasteiger partial charge in [0, 0.05) is 6.54 Å². The standard InChI is InChI=1S/C9H17NO3/c1-3-7(2)13-9(11)8-6-12-5-4-10-8/h7-8,10H,3-6H2,1-2H3.